The normalized spacial score (nSPS) is 22.3. The number of carbonyl (C=O) groups excluding carboxylic acids is 2. The van der Waals surface area contributed by atoms with Crippen molar-refractivity contribution >= 4 is 28.0 Å². The van der Waals surface area contributed by atoms with E-state index in [0.29, 0.717) is 6.42 Å². The lowest BCUT2D eigenvalue weighted by atomic mass is 10.0. The summed E-state index contributed by atoms with van der Waals surface area (Å²) in [6.07, 6.45) is -0.0996. The number of piperazine rings is 1. The zero-order chi connectivity index (χ0) is 24.1. The summed E-state index contributed by atoms with van der Waals surface area (Å²) in [6.45, 7) is 7.83. The number of nitrogens with two attached hydrogens (primary N) is 1. The van der Waals surface area contributed by atoms with Crippen LogP contribution in [0, 0.1) is 5.41 Å². The first-order valence-corrected chi connectivity index (χ1v) is 12.4. The van der Waals surface area contributed by atoms with Crippen molar-refractivity contribution in [3.63, 3.8) is 0 Å². The van der Waals surface area contributed by atoms with Crippen molar-refractivity contribution in [3.8, 4) is 0 Å². The van der Waals surface area contributed by atoms with Crippen molar-refractivity contribution in [1.29, 1.82) is 5.41 Å². The average Bonchev–Trinajstić information content (AvgIpc) is 3.02. The predicted octanol–water partition coefficient (Wildman–Crippen LogP) is -0.516. The molecular weight excluding hydrogens is 442 g/mol. The van der Waals surface area contributed by atoms with E-state index in [4.69, 9.17) is 24.8 Å². The van der Waals surface area contributed by atoms with Crippen molar-refractivity contribution < 1.29 is 31.7 Å². The highest BCUT2D eigenvalue weighted by Crippen LogP contribution is 2.23. The Morgan fingerprint density at radius 2 is 1.88 bits per heavy atom. The first-order chi connectivity index (χ1) is 14.8. The van der Waals surface area contributed by atoms with Gasteiger partial charge in [-0.25, -0.2) is 9.59 Å². The van der Waals surface area contributed by atoms with Gasteiger partial charge in [-0.1, -0.05) is 0 Å². The number of hydrogen-bond acceptors (Lipinski definition) is 10. The van der Waals surface area contributed by atoms with Crippen LogP contribution in [0.3, 0.4) is 0 Å². The molecule has 1 amide bonds. The van der Waals surface area contributed by atoms with E-state index >= 15 is 0 Å². The molecule has 3 atom stereocenters. The third kappa shape index (κ3) is 8.19. The van der Waals surface area contributed by atoms with Gasteiger partial charge in [0, 0.05) is 26.2 Å². The van der Waals surface area contributed by atoms with Gasteiger partial charge < -0.3 is 20.5 Å². The van der Waals surface area contributed by atoms with Crippen molar-refractivity contribution in [2.75, 3.05) is 45.6 Å². The molecule has 184 valence electrons. The Labute approximate surface area is 189 Å². The highest BCUT2D eigenvalue weighted by molar-refractivity contribution is 7.85. The first kappa shape index (κ1) is 26.3. The van der Waals surface area contributed by atoms with E-state index in [0.717, 1.165) is 32.4 Å². The number of nitrogens with one attached hydrogen (secondary N) is 2. The van der Waals surface area contributed by atoms with Crippen LogP contribution >= 0.6 is 0 Å². The van der Waals surface area contributed by atoms with E-state index in [2.05, 4.69) is 10.2 Å². The second-order valence-electron chi connectivity index (χ2n) is 9.03. The molecule has 0 saturated carbocycles. The van der Waals surface area contributed by atoms with Crippen molar-refractivity contribution in [2.45, 2.75) is 57.4 Å². The number of ether oxygens (including phenoxy) is 2. The minimum absolute atomic E-state index is 0.00161. The van der Waals surface area contributed by atoms with Crippen LogP contribution in [0.15, 0.2) is 0 Å². The lowest BCUT2D eigenvalue weighted by Gasteiger charge is -2.35. The van der Waals surface area contributed by atoms with Gasteiger partial charge in [0.1, 0.15) is 30.2 Å². The first-order valence-electron chi connectivity index (χ1n) is 10.6. The number of amides is 1. The van der Waals surface area contributed by atoms with Gasteiger partial charge in [-0.3, -0.25) is 19.4 Å². The topological polar surface area (TPSA) is 164 Å². The minimum Gasteiger partial charge on any atom is -0.458 e. The monoisotopic (exact) mass is 477 g/mol. The zero-order valence-corrected chi connectivity index (χ0v) is 19.9. The molecule has 4 N–H and O–H groups in total. The van der Waals surface area contributed by atoms with Gasteiger partial charge in [0.15, 0.2) is 0 Å². The van der Waals surface area contributed by atoms with Gasteiger partial charge in [-0.2, -0.15) is 8.42 Å². The Balaban J connectivity index is 2.13. The average molecular weight is 478 g/mol. The third-order valence-corrected chi connectivity index (χ3v) is 5.65. The lowest BCUT2D eigenvalue weighted by Crippen LogP contribution is -2.53. The molecule has 0 aromatic rings. The number of cyclic esters (lactones) is 1. The standard InChI is InChI=1S/C19H35N5O7S/c1-19(2,3)31-17(25)15(6-5-14(16(20)21)23-9-7-22-8-10-23)24-11-13(30-18(24)26)12-29-32(4,27)28/h13-15,22H,5-12H2,1-4H3,(H3,20,21). The summed E-state index contributed by atoms with van der Waals surface area (Å²) in [4.78, 5) is 28.8. The molecule has 3 unspecified atom stereocenters. The number of hydrogen-bond donors (Lipinski definition) is 3. The number of nitrogens with zero attached hydrogens (tertiary/aromatic N) is 2. The number of rotatable bonds is 10. The van der Waals surface area contributed by atoms with Crippen molar-refractivity contribution in [1.82, 2.24) is 15.1 Å². The minimum atomic E-state index is -3.70. The molecule has 32 heavy (non-hydrogen) atoms. The molecule has 2 saturated heterocycles. The predicted molar refractivity (Wildman–Crippen MR) is 117 cm³/mol. The van der Waals surface area contributed by atoms with E-state index in [1.165, 1.54) is 4.90 Å². The van der Waals surface area contributed by atoms with Crippen molar-refractivity contribution in [2.24, 2.45) is 5.73 Å². The van der Waals surface area contributed by atoms with Gasteiger partial charge in [-0.05, 0) is 33.6 Å². The molecule has 2 rings (SSSR count). The Kier molecular flexibility index (Phi) is 8.85. The number of esters is 1. The summed E-state index contributed by atoms with van der Waals surface area (Å²) in [6, 6.07) is -1.33. The van der Waals surface area contributed by atoms with E-state index in [9.17, 15) is 18.0 Å². The molecule has 13 heteroatoms. The van der Waals surface area contributed by atoms with Crippen LogP contribution in [0.1, 0.15) is 33.6 Å². The fourth-order valence-corrected chi connectivity index (χ4v) is 4.10. The van der Waals surface area contributed by atoms with E-state index in [-0.39, 0.29) is 31.4 Å². The molecule has 0 aliphatic carbocycles. The maximum absolute atomic E-state index is 13.0. The van der Waals surface area contributed by atoms with Crippen LogP contribution < -0.4 is 11.1 Å². The maximum Gasteiger partial charge on any atom is 0.411 e. The van der Waals surface area contributed by atoms with Crippen LogP contribution in [-0.2, 0) is 28.6 Å². The van der Waals surface area contributed by atoms with Crippen LogP contribution in [-0.4, -0.2) is 105 Å². The van der Waals surface area contributed by atoms with Gasteiger partial charge >= 0.3 is 12.1 Å². The Hall–Kier alpha value is -1.96. The molecule has 2 heterocycles. The molecular formula is C19H35N5O7S. The summed E-state index contributed by atoms with van der Waals surface area (Å²) in [5, 5.41) is 11.2. The highest BCUT2D eigenvalue weighted by Gasteiger charge is 2.42. The number of carbonyl (C=O) groups is 2. The summed E-state index contributed by atoms with van der Waals surface area (Å²) in [5.41, 5.74) is 5.07. The molecule has 0 spiro atoms. The van der Waals surface area contributed by atoms with Crippen LogP contribution in [0.4, 0.5) is 4.79 Å². The second kappa shape index (κ2) is 10.8. The molecule has 12 nitrogen and oxygen atoms in total. The largest absolute Gasteiger partial charge is 0.458 e. The molecule has 0 aromatic heterocycles. The fraction of sp³-hybridized carbons (Fsp3) is 0.842. The van der Waals surface area contributed by atoms with Gasteiger partial charge in [0.05, 0.1) is 18.8 Å². The molecule has 2 fully saturated rings. The molecule has 0 aromatic carbocycles. The van der Waals surface area contributed by atoms with Crippen LogP contribution in [0.2, 0.25) is 0 Å². The van der Waals surface area contributed by atoms with Crippen LogP contribution in [0.5, 0.6) is 0 Å². The van der Waals surface area contributed by atoms with Gasteiger partial charge in [0.25, 0.3) is 10.1 Å². The smallest absolute Gasteiger partial charge is 0.411 e. The quantitative estimate of drug-likeness (QED) is 0.161. The van der Waals surface area contributed by atoms with Gasteiger partial charge in [0.2, 0.25) is 0 Å². The number of amidine groups is 1. The highest BCUT2D eigenvalue weighted by atomic mass is 32.2. The fourth-order valence-electron chi connectivity index (χ4n) is 3.70. The molecule has 0 bridgehead atoms. The SMILES string of the molecule is CC(C)(C)OC(=O)C(CCC(C(=N)N)N1CCNCC1)N1CC(COS(C)(=O)=O)OC1=O. The van der Waals surface area contributed by atoms with Crippen LogP contribution in [0.25, 0.3) is 0 Å². The molecule has 2 aliphatic rings. The van der Waals surface area contributed by atoms with Gasteiger partial charge in [-0.15, -0.1) is 0 Å². The second-order valence-corrected chi connectivity index (χ2v) is 10.7. The lowest BCUT2D eigenvalue weighted by molar-refractivity contribution is -0.160. The summed E-state index contributed by atoms with van der Waals surface area (Å²) < 4.78 is 38.0. The maximum atomic E-state index is 13.0. The Bertz CT molecular complexity index is 792. The van der Waals surface area contributed by atoms with E-state index in [1.54, 1.807) is 20.8 Å². The van der Waals surface area contributed by atoms with E-state index in [1.807, 2.05) is 0 Å². The summed E-state index contributed by atoms with van der Waals surface area (Å²) in [5.74, 6) is -0.597. The summed E-state index contributed by atoms with van der Waals surface area (Å²) in [7, 11) is -3.70. The van der Waals surface area contributed by atoms with E-state index < -0.39 is 39.9 Å². The Morgan fingerprint density at radius 1 is 1.28 bits per heavy atom. The zero-order valence-electron chi connectivity index (χ0n) is 19.1. The molecule has 0 radical (unpaired) electrons. The summed E-state index contributed by atoms with van der Waals surface area (Å²) >= 11 is 0. The Morgan fingerprint density at radius 3 is 2.41 bits per heavy atom. The third-order valence-electron chi connectivity index (χ3n) is 5.09. The molecule has 2 aliphatic heterocycles. The van der Waals surface area contributed by atoms with Crippen molar-refractivity contribution in [3.05, 3.63) is 0 Å².